The van der Waals surface area contributed by atoms with Crippen LogP contribution in [0.1, 0.15) is 11.1 Å². The average molecular weight is 227 g/mol. The van der Waals surface area contributed by atoms with Crippen molar-refractivity contribution in [1.29, 1.82) is 0 Å². The zero-order valence-electron chi connectivity index (χ0n) is 9.31. The van der Waals surface area contributed by atoms with Crippen LogP contribution >= 0.6 is 0 Å². The van der Waals surface area contributed by atoms with Gasteiger partial charge in [-0.1, -0.05) is 24.3 Å². The quantitative estimate of drug-likeness (QED) is 0.821. The van der Waals surface area contributed by atoms with Gasteiger partial charge in [-0.05, 0) is 24.0 Å². The minimum atomic E-state index is 0.0377. The van der Waals surface area contributed by atoms with E-state index < -0.39 is 0 Å². The smallest absolute Gasteiger partial charge is 0.229 e. The van der Waals surface area contributed by atoms with Crippen molar-refractivity contribution in [3.63, 3.8) is 0 Å². The monoisotopic (exact) mass is 227 g/mol. The molecule has 1 aromatic heterocycles. The van der Waals surface area contributed by atoms with Crippen LogP contribution < -0.4 is 5.32 Å². The number of H-pyrrole nitrogens is 1. The number of aromatic nitrogens is 2. The Hall–Kier alpha value is -2.10. The fourth-order valence-electron chi connectivity index (χ4n) is 2.30. The third-order valence-electron chi connectivity index (χ3n) is 3.18. The van der Waals surface area contributed by atoms with E-state index in [2.05, 4.69) is 27.6 Å². The molecule has 0 saturated carbocycles. The summed E-state index contributed by atoms with van der Waals surface area (Å²) in [6.45, 7) is 0. The molecule has 0 spiro atoms. The van der Waals surface area contributed by atoms with Crippen LogP contribution in [0.2, 0.25) is 0 Å². The fraction of sp³-hybridized carbons (Fsp3) is 0.231. The van der Waals surface area contributed by atoms with Crippen LogP contribution in [0.3, 0.4) is 0 Å². The first-order chi connectivity index (χ1) is 8.33. The van der Waals surface area contributed by atoms with Gasteiger partial charge in [0.1, 0.15) is 5.82 Å². The van der Waals surface area contributed by atoms with Crippen LogP contribution in [0.5, 0.6) is 0 Å². The van der Waals surface area contributed by atoms with Gasteiger partial charge in [-0.3, -0.25) is 9.89 Å². The minimum absolute atomic E-state index is 0.0377. The average Bonchev–Trinajstić information content (AvgIpc) is 2.96. The van der Waals surface area contributed by atoms with E-state index in [0.717, 1.165) is 12.8 Å². The van der Waals surface area contributed by atoms with Crippen molar-refractivity contribution in [3.05, 3.63) is 47.7 Å². The van der Waals surface area contributed by atoms with Gasteiger partial charge in [-0.2, -0.15) is 5.10 Å². The Morgan fingerprint density at radius 2 is 1.94 bits per heavy atom. The lowest BCUT2D eigenvalue weighted by Crippen LogP contribution is -2.23. The van der Waals surface area contributed by atoms with Gasteiger partial charge in [0, 0.05) is 12.0 Å². The van der Waals surface area contributed by atoms with Crippen molar-refractivity contribution in [1.82, 2.24) is 10.2 Å². The van der Waals surface area contributed by atoms with Gasteiger partial charge in [0.2, 0.25) is 5.91 Å². The molecule has 17 heavy (non-hydrogen) atoms. The number of anilines is 1. The molecule has 4 nitrogen and oxygen atoms in total. The molecule has 0 atom stereocenters. The fourth-order valence-corrected chi connectivity index (χ4v) is 2.30. The number of benzene rings is 1. The highest BCUT2D eigenvalue weighted by atomic mass is 16.1. The largest absolute Gasteiger partial charge is 0.311 e. The molecule has 2 aromatic rings. The van der Waals surface area contributed by atoms with Crippen LogP contribution in [0.15, 0.2) is 36.5 Å². The van der Waals surface area contributed by atoms with Gasteiger partial charge in [-0.25, -0.2) is 0 Å². The van der Waals surface area contributed by atoms with Gasteiger partial charge in [-0.15, -0.1) is 0 Å². The van der Waals surface area contributed by atoms with Gasteiger partial charge < -0.3 is 5.32 Å². The topological polar surface area (TPSA) is 57.8 Å². The Balaban J connectivity index is 1.70. The number of nitrogens with one attached hydrogen (secondary N) is 2. The van der Waals surface area contributed by atoms with E-state index in [4.69, 9.17) is 0 Å². The molecular weight excluding hydrogens is 214 g/mol. The number of aromatic amines is 1. The summed E-state index contributed by atoms with van der Waals surface area (Å²) in [5, 5.41) is 9.37. The van der Waals surface area contributed by atoms with E-state index in [1.54, 1.807) is 12.3 Å². The van der Waals surface area contributed by atoms with Gasteiger partial charge in [0.05, 0.1) is 6.20 Å². The number of hydrogen-bond donors (Lipinski definition) is 2. The summed E-state index contributed by atoms with van der Waals surface area (Å²) in [6.07, 6.45) is 3.28. The SMILES string of the molecule is O=C(Nc1ccn[nH]1)C1Cc2ccccc2C1. The maximum Gasteiger partial charge on any atom is 0.229 e. The summed E-state index contributed by atoms with van der Waals surface area (Å²) in [5.74, 6) is 0.757. The molecule has 4 heteroatoms. The summed E-state index contributed by atoms with van der Waals surface area (Å²) in [5.41, 5.74) is 2.58. The van der Waals surface area contributed by atoms with Crippen molar-refractivity contribution in [2.75, 3.05) is 5.32 Å². The van der Waals surface area contributed by atoms with Crippen molar-refractivity contribution < 1.29 is 4.79 Å². The van der Waals surface area contributed by atoms with E-state index in [1.165, 1.54) is 11.1 Å². The molecule has 0 aliphatic heterocycles. The number of carbonyl (C=O) groups excluding carboxylic acids is 1. The van der Waals surface area contributed by atoms with Crippen molar-refractivity contribution in [2.24, 2.45) is 5.92 Å². The van der Waals surface area contributed by atoms with Crippen molar-refractivity contribution in [3.8, 4) is 0 Å². The molecular formula is C13H13N3O. The first kappa shape index (κ1) is 10.1. The Labute approximate surface area is 99.1 Å². The summed E-state index contributed by atoms with van der Waals surface area (Å²) in [4.78, 5) is 12.0. The summed E-state index contributed by atoms with van der Waals surface area (Å²) < 4.78 is 0. The minimum Gasteiger partial charge on any atom is -0.311 e. The zero-order valence-corrected chi connectivity index (χ0v) is 9.31. The van der Waals surface area contributed by atoms with Crippen LogP contribution in [0.25, 0.3) is 0 Å². The molecule has 0 fully saturated rings. The lowest BCUT2D eigenvalue weighted by Gasteiger charge is -2.08. The number of hydrogen-bond acceptors (Lipinski definition) is 2. The lowest BCUT2D eigenvalue weighted by molar-refractivity contribution is -0.119. The van der Waals surface area contributed by atoms with E-state index >= 15 is 0 Å². The number of rotatable bonds is 2. The molecule has 1 aromatic carbocycles. The summed E-state index contributed by atoms with van der Waals surface area (Å²) in [6, 6.07) is 9.99. The molecule has 1 heterocycles. The predicted octanol–water partition coefficient (Wildman–Crippen LogP) is 1.76. The first-order valence-electron chi connectivity index (χ1n) is 5.70. The zero-order chi connectivity index (χ0) is 11.7. The first-order valence-corrected chi connectivity index (χ1v) is 5.70. The second-order valence-electron chi connectivity index (χ2n) is 4.33. The Morgan fingerprint density at radius 3 is 2.53 bits per heavy atom. The third-order valence-corrected chi connectivity index (χ3v) is 3.18. The Morgan fingerprint density at radius 1 is 1.24 bits per heavy atom. The highest BCUT2D eigenvalue weighted by Crippen LogP contribution is 2.27. The van der Waals surface area contributed by atoms with E-state index in [0.29, 0.717) is 5.82 Å². The molecule has 2 N–H and O–H groups in total. The number of carbonyl (C=O) groups is 1. The lowest BCUT2D eigenvalue weighted by atomic mass is 10.1. The highest BCUT2D eigenvalue weighted by Gasteiger charge is 2.27. The van der Waals surface area contributed by atoms with Crippen LogP contribution in [0, 0.1) is 5.92 Å². The van der Waals surface area contributed by atoms with Gasteiger partial charge >= 0.3 is 0 Å². The molecule has 86 valence electrons. The summed E-state index contributed by atoms with van der Waals surface area (Å²) in [7, 11) is 0. The molecule has 0 bridgehead atoms. The normalized spacial score (nSPS) is 14.6. The number of nitrogens with zero attached hydrogens (tertiary/aromatic N) is 1. The molecule has 1 aliphatic rings. The van der Waals surface area contributed by atoms with E-state index in [-0.39, 0.29) is 11.8 Å². The molecule has 1 amide bonds. The molecule has 1 aliphatic carbocycles. The Bertz CT molecular complexity index is 508. The number of amides is 1. The van der Waals surface area contributed by atoms with E-state index in [9.17, 15) is 4.79 Å². The van der Waals surface area contributed by atoms with Crippen molar-refractivity contribution >= 4 is 11.7 Å². The molecule has 0 radical (unpaired) electrons. The van der Waals surface area contributed by atoms with E-state index in [1.807, 2.05) is 12.1 Å². The predicted molar refractivity (Wildman–Crippen MR) is 64.6 cm³/mol. The van der Waals surface area contributed by atoms with Crippen LogP contribution in [-0.2, 0) is 17.6 Å². The van der Waals surface area contributed by atoms with Crippen LogP contribution in [-0.4, -0.2) is 16.1 Å². The summed E-state index contributed by atoms with van der Waals surface area (Å²) >= 11 is 0. The van der Waals surface area contributed by atoms with Crippen molar-refractivity contribution in [2.45, 2.75) is 12.8 Å². The second kappa shape index (κ2) is 4.05. The number of fused-ring (bicyclic) bond motifs is 1. The highest BCUT2D eigenvalue weighted by molar-refractivity contribution is 5.92. The van der Waals surface area contributed by atoms with Crippen LogP contribution in [0.4, 0.5) is 5.82 Å². The molecule has 0 saturated heterocycles. The maximum absolute atomic E-state index is 12.0. The second-order valence-corrected chi connectivity index (χ2v) is 4.33. The maximum atomic E-state index is 12.0. The standard InChI is InChI=1S/C13H13N3O/c17-13(15-12-5-6-14-16-12)11-7-9-3-1-2-4-10(9)8-11/h1-6,11H,7-8H2,(H2,14,15,16,17). The molecule has 3 rings (SSSR count). The van der Waals surface area contributed by atoms with Gasteiger partial charge in [0.15, 0.2) is 0 Å². The third kappa shape index (κ3) is 1.93. The molecule has 0 unspecified atom stereocenters. The van der Waals surface area contributed by atoms with Gasteiger partial charge in [0.25, 0.3) is 0 Å². The Kier molecular flexibility index (Phi) is 2.40.